The lowest BCUT2D eigenvalue weighted by atomic mass is 10.1. The third kappa shape index (κ3) is 4.54. The van der Waals surface area contributed by atoms with Crippen LogP contribution in [0, 0.1) is 0 Å². The second-order valence-corrected chi connectivity index (χ2v) is 8.68. The molecule has 1 aliphatic rings. The highest BCUT2D eigenvalue weighted by molar-refractivity contribution is 9.10. The second kappa shape index (κ2) is 7.44. The van der Waals surface area contributed by atoms with Gasteiger partial charge in [-0.2, -0.15) is 0 Å². The Morgan fingerprint density at radius 1 is 1.30 bits per heavy atom. The molecule has 0 saturated carbocycles. The van der Waals surface area contributed by atoms with Gasteiger partial charge in [0.05, 0.1) is 5.25 Å². The molecule has 1 aromatic carbocycles. The first-order chi connectivity index (χ1) is 10.8. The molecule has 1 aromatic rings. The van der Waals surface area contributed by atoms with E-state index < -0.39 is 26.7 Å². The molecule has 1 aliphatic heterocycles. The Morgan fingerprint density at radius 3 is 2.52 bits per heavy atom. The van der Waals surface area contributed by atoms with Gasteiger partial charge in [-0.25, -0.2) is 8.42 Å². The smallest absolute Gasteiger partial charge is 0.253 e. The number of benzene rings is 1. The number of hydrogen-bond donors (Lipinski definition) is 1. The zero-order chi connectivity index (χ0) is 17.0. The molecule has 1 heterocycles. The lowest BCUT2D eigenvalue weighted by Crippen LogP contribution is -2.44. The van der Waals surface area contributed by atoms with E-state index in [-0.39, 0.29) is 5.91 Å². The predicted molar refractivity (Wildman–Crippen MR) is 90.9 cm³/mol. The average Bonchev–Trinajstić information content (AvgIpc) is 2.53. The monoisotopic (exact) mass is 402 g/mol. The summed E-state index contributed by atoms with van der Waals surface area (Å²) in [4.78, 5) is 25.4. The minimum atomic E-state index is -3.47. The van der Waals surface area contributed by atoms with Crippen LogP contribution < -0.4 is 5.32 Å². The normalized spacial score (nSPS) is 16.2. The van der Waals surface area contributed by atoms with Crippen LogP contribution in [0.5, 0.6) is 0 Å². The first-order valence-electron chi connectivity index (χ1n) is 7.30. The molecule has 1 N–H and O–H groups in total. The molecule has 8 heteroatoms. The number of amides is 2. The van der Waals surface area contributed by atoms with E-state index in [0.29, 0.717) is 31.5 Å². The first-order valence-corrected chi connectivity index (χ1v) is 9.81. The number of nitrogens with zero attached hydrogens (tertiary/aromatic N) is 1. The van der Waals surface area contributed by atoms with Crippen LogP contribution >= 0.6 is 15.9 Å². The van der Waals surface area contributed by atoms with Crippen molar-refractivity contribution in [3.63, 3.8) is 0 Å². The van der Waals surface area contributed by atoms with Gasteiger partial charge in [0.25, 0.3) is 5.91 Å². The zero-order valence-electron chi connectivity index (χ0n) is 12.8. The van der Waals surface area contributed by atoms with Crippen LogP contribution in [-0.2, 0) is 14.6 Å². The van der Waals surface area contributed by atoms with Gasteiger partial charge in [0, 0.05) is 30.2 Å². The fourth-order valence-corrected chi connectivity index (χ4v) is 4.67. The standard InChI is InChI=1S/C15H19BrN2O4S/c1-17-14(19)10-23(21,22)13-5-7-18(8-6-13)15(20)11-3-2-4-12(16)9-11/h2-4,9,13H,5-8,10H2,1H3,(H,17,19). The van der Waals surface area contributed by atoms with Gasteiger partial charge < -0.3 is 10.2 Å². The van der Waals surface area contributed by atoms with E-state index >= 15 is 0 Å². The number of halogens is 1. The van der Waals surface area contributed by atoms with E-state index in [1.165, 1.54) is 7.05 Å². The van der Waals surface area contributed by atoms with Crippen LogP contribution in [0.1, 0.15) is 23.2 Å². The van der Waals surface area contributed by atoms with Gasteiger partial charge in [0.2, 0.25) is 5.91 Å². The van der Waals surface area contributed by atoms with E-state index in [1.54, 1.807) is 23.1 Å². The van der Waals surface area contributed by atoms with E-state index in [1.807, 2.05) is 6.07 Å². The van der Waals surface area contributed by atoms with Crippen LogP contribution in [0.25, 0.3) is 0 Å². The second-order valence-electron chi connectivity index (χ2n) is 5.48. The number of carbonyl (C=O) groups excluding carboxylic acids is 2. The summed E-state index contributed by atoms with van der Waals surface area (Å²) in [5, 5.41) is 1.76. The quantitative estimate of drug-likeness (QED) is 0.820. The van der Waals surface area contributed by atoms with Gasteiger partial charge in [-0.15, -0.1) is 0 Å². The molecule has 0 aromatic heterocycles. The summed E-state index contributed by atoms with van der Waals surface area (Å²) >= 11 is 3.33. The molecule has 0 unspecified atom stereocenters. The minimum Gasteiger partial charge on any atom is -0.358 e. The molecule has 126 valence electrons. The Hall–Kier alpha value is -1.41. The summed E-state index contributed by atoms with van der Waals surface area (Å²) in [6.45, 7) is 0.756. The van der Waals surface area contributed by atoms with Crippen LogP contribution in [-0.4, -0.2) is 56.3 Å². The number of rotatable bonds is 4. The summed E-state index contributed by atoms with van der Waals surface area (Å²) in [6.07, 6.45) is 0.720. The van der Waals surface area contributed by atoms with Crippen LogP contribution in [0.3, 0.4) is 0 Å². The molecule has 0 spiro atoms. The Labute approximate surface area is 144 Å². The number of nitrogens with one attached hydrogen (secondary N) is 1. The fourth-order valence-electron chi connectivity index (χ4n) is 2.59. The van der Waals surface area contributed by atoms with Gasteiger partial charge >= 0.3 is 0 Å². The number of hydrogen-bond acceptors (Lipinski definition) is 4. The van der Waals surface area contributed by atoms with Crippen molar-refractivity contribution in [2.45, 2.75) is 18.1 Å². The van der Waals surface area contributed by atoms with Crippen LogP contribution in [0.2, 0.25) is 0 Å². The maximum absolute atomic E-state index is 12.4. The van der Waals surface area contributed by atoms with Crippen molar-refractivity contribution in [1.29, 1.82) is 0 Å². The van der Waals surface area contributed by atoms with Gasteiger partial charge in [-0.05, 0) is 31.0 Å². The van der Waals surface area contributed by atoms with Crippen molar-refractivity contribution < 1.29 is 18.0 Å². The van der Waals surface area contributed by atoms with Gasteiger partial charge in [0.1, 0.15) is 5.75 Å². The van der Waals surface area contributed by atoms with Crippen molar-refractivity contribution in [3.05, 3.63) is 34.3 Å². The number of likely N-dealkylation sites (tertiary alicyclic amines) is 1. The SMILES string of the molecule is CNC(=O)CS(=O)(=O)C1CCN(C(=O)c2cccc(Br)c2)CC1. The lowest BCUT2D eigenvalue weighted by Gasteiger charge is -2.31. The number of sulfone groups is 1. The molecule has 0 aliphatic carbocycles. The minimum absolute atomic E-state index is 0.103. The van der Waals surface area contributed by atoms with E-state index in [2.05, 4.69) is 21.2 Å². The highest BCUT2D eigenvalue weighted by atomic mass is 79.9. The summed E-state index contributed by atoms with van der Waals surface area (Å²) in [6, 6.07) is 7.12. The molecule has 1 saturated heterocycles. The molecule has 0 bridgehead atoms. The van der Waals surface area contributed by atoms with Gasteiger partial charge in [0.15, 0.2) is 9.84 Å². The topological polar surface area (TPSA) is 83.6 Å². The summed E-state index contributed by atoms with van der Waals surface area (Å²) < 4.78 is 25.2. The van der Waals surface area contributed by atoms with Gasteiger partial charge in [-0.3, -0.25) is 9.59 Å². The fraction of sp³-hybridized carbons (Fsp3) is 0.467. The maximum Gasteiger partial charge on any atom is 0.253 e. The summed E-state index contributed by atoms with van der Waals surface area (Å²) in [5.74, 6) is -1.10. The number of carbonyl (C=O) groups is 2. The van der Waals surface area contributed by atoms with Crippen LogP contribution in [0.4, 0.5) is 0 Å². The van der Waals surface area contributed by atoms with Crippen molar-refractivity contribution in [1.82, 2.24) is 10.2 Å². The molecule has 6 nitrogen and oxygen atoms in total. The maximum atomic E-state index is 12.4. The van der Waals surface area contributed by atoms with Crippen LogP contribution in [0.15, 0.2) is 28.7 Å². The Bertz CT molecular complexity index is 697. The predicted octanol–water partition coefficient (Wildman–Crippen LogP) is 1.21. The Balaban J connectivity index is 1.98. The largest absolute Gasteiger partial charge is 0.358 e. The molecule has 1 fully saturated rings. The molecular formula is C15H19BrN2O4S. The van der Waals surface area contributed by atoms with Crippen molar-refractivity contribution in [3.8, 4) is 0 Å². The molecule has 23 heavy (non-hydrogen) atoms. The third-order valence-electron chi connectivity index (χ3n) is 3.92. The average molecular weight is 403 g/mol. The third-order valence-corrected chi connectivity index (χ3v) is 6.56. The van der Waals surface area contributed by atoms with Crippen molar-refractivity contribution >= 4 is 37.6 Å². The van der Waals surface area contributed by atoms with E-state index in [4.69, 9.17) is 0 Å². The first kappa shape index (κ1) is 17.9. The Kier molecular flexibility index (Phi) is 5.80. The van der Waals surface area contributed by atoms with Crippen molar-refractivity contribution in [2.24, 2.45) is 0 Å². The lowest BCUT2D eigenvalue weighted by molar-refractivity contribution is -0.118. The summed E-state index contributed by atoms with van der Waals surface area (Å²) in [7, 11) is -2.06. The Morgan fingerprint density at radius 2 is 1.96 bits per heavy atom. The molecule has 0 atom stereocenters. The number of piperidine rings is 1. The highest BCUT2D eigenvalue weighted by Crippen LogP contribution is 2.21. The zero-order valence-corrected chi connectivity index (χ0v) is 15.2. The highest BCUT2D eigenvalue weighted by Gasteiger charge is 2.33. The van der Waals surface area contributed by atoms with E-state index in [9.17, 15) is 18.0 Å². The summed E-state index contributed by atoms with van der Waals surface area (Å²) in [5.41, 5.74) is 0.575. The molecular weight excluding hydrogens is 384 g/mol. The molecule has 2 amide bonds. The van der Waals surface area contributed by atoms with Crippen molar-refractivity contribution in [2.75, 3.05) is 25.9 Å². The molecule has 2 rings (SSSR count). The molecule has 0 radical (unpaired) electrons. The van der Waals surface area contributed by atoms with Gasteiger partial charge in [-0.1, -0.05) is 22.0 Å². The van der Waals surface area contributed by atoms with E-state index in [0.717, 1.165) is 4.47 Å².